The maximum absolute atomic E-state index is 10.9. The Kier molecular flexibility index (Phi) is 6.16. The molecule has 0 unspecified atom stereocenters. The second kappa shape index (κ2) is 10.3. The third kappa shape index (κ3) is 4.81. The molecule has 2 aromatic carbocycles. The number of aliphatic hydroxyl groups is 1. The molecular formula is C36H28N4O6. The van der Waals surface area contributed by atoms with Crippen LogP contribution in [0.4, 0.5) is 0 Å². The van der Waals surface area contributed by atoms with Crippen molar-refractivity contribution in [1.29, 1.82) is 0 Å². The van der Waals surface area contributed by atoms with Gasteiger partial charge in [-0.25, -0.2) is 9.97 Å². The van der Waals surface area contributed by atoms with Gasteiger partial charge in [-0.2, -0.15) is 0 Å². The highest BCUT2D eigenvalue weighted by molar-refractivity contribution is 5.77. The fourth-order valence-corrected chi connectivity index (χ4v) is 6.47. The summed E-state index contributed by atoms with van der Waals surface area (Å²) in [4.78, 5) is 16.0. The fraction of sp³-hybridized carbons (Fsp3) is 0.111. The Morgan fingerprint density at radius 2 is 1.15 bits per heavy atom. The number of aromatic nitrogens is 4. The Labute approximate surface area is 261 Å². The molecule has 0 radical (unpaired) electrons. The van der Waals surface area contributed by atoms with Gasteiger partial charge in [0.25, 0.3) is 0 Å². The number of aromatic amines is 2. The lowest BCUT2D eigenvalue weighted by Crippen LogP contribution is -2.43. The molecule has 1 aliphatic carbocycles. The predicted molar refractivity (Wildman–Crippen MR) is 174 cm³/mol. The number of fused-ring (bicyclic) bond motifs is 13. The van der Waals surface area contributed by atoms with Gasteiger partial charge in [-0.1, -0.05) is 6.07 Å². The van der Waals surface area contributed by atoms with Crippen LogP contribution in [0.25, 0.3) is 46.4 Å². The molecule has 8 bridgehead atoms. The molecule has 7 N–H and O–H groups in total. The van der Waals surface area contributed by atoms with Gasteiger partial charge in [0.15, 0.2) is 23.0 Å². The number of rotatable bonds is 0. The molecule has 10 heteroatoms. The van der Waals surface area contributed by atoms with Crippen molar-refractivity contribution in [3.05, 3.63) is 112 Å². The summed E-state index contributed by atoms with van der Waals surface area (Å²) in [5, 5.41) is 49.8. The first kappa shape index (κ1) is 27.5. The number of phenols is 4. The molecule has 0 saturated carbocycles. The van der Waals surface area contributed by atoms with Crippen molar-refractivity contribution in [2.75, 3.05) is 6.61 Å². The summed E-state index contributed by atoms with van der Waals surface area (Å²) in [6.07, 6.45) is 8.31. The molecule has 3 aliphatic heterocycles. The van der Waals surface area contributed by atoms with Gasteiger partial charge in [0, 0.05) is 40.0 Å². The molecule has 9 rings (SSSR count). The highest BCUT2D eigenvalue weighted by atomic mass is 16.5. The summed E-state index contributed by atoms with van der Waals surface area (Å²) in [7, 11) is 0. The van der Waals surface area contributed by atoms with E-state index >= 15 is 0 Å². The number of phenolic OH excluding ortho intramolecular Hbond substituents is 4. The van der Waals surface area contributed by atoms with Gasteiger partial charge >= 0.3 is 0 Å². The predicted octanol–water partition coefficient (Wildman–Crippen LogP) is 5.98. The monoisotopic (exact) mass is 612 g/mol. The molecular weight excluding hydrogens is 584 g/mol. The largest absolute Gasteiger partial charge is 0.504 e. The number of benzene rings is 2. The SMILES string of the molecule is C1=Cc2cc3ccc(cc4ccc(cc5nc(cc1n2)C=C5)[nH]4)[nH]3.Oc1cc2c(cc1O)[C@H]1c3ccc(O)c(O)c3OC[C@@]1(O)C2. The van der Waals surface area contributed by atoms with Gasteiger partial charge < -0.3 is 40.2 Å². The van der Waals surface area contributed by atoms with E-state index in [0.29, 0.717) is 16.7 Å². The molecule has 2 atom stereocenters. The van der Waals surface area contributed by atoms with E-state index in [1.807, 2.05) is 42.5 Å². The van der Waals surface area contributed by atoms with Crippen molar-refractivity contribution in [2.24, 2.45) is 0 Å². The topological polar surface area (TPSA) is 168 Å². The second-order valence-corrected chi connectivity index (χ2v) is 11.8. The molecule has 10 nitrogen and oxygen atoms in total. The zero-order valence-corrected chi connectivity index (χ0v) is 24.3. The van der Waals surface area contributed by atoms with E-state index in [9.17, 15) is 25.5 Å². The first-order valence-electron chi connectivity index (χ1n) is 14.7. The van der Waals surface area contributed by atoms with Crippen molar-refractivity contribution >= 4 is 46.4 Å². The lowest BCUT2D eigenvalue weighted by atomic mass is 9.80. The molecule has 46 heavy (non-hydrogen) atoms. The quantitative estimate of drug-likeness (QED) is 0.103. The third-order valence-electron chi connectivity index (χ3n) is 8.54. The Bertz CT molecular complexity index is 2200. The van der Waals surface area contributed by atoms with Crippen LogP contribution < -0.4 is 4.74 Å². The molecule has 0 amide bonds. The first-order valence-corrected chi connectivity index (χ1v) is 14.7. The average molecular weight is 613 g/mol. The zero-order chi connectivity index (χ0) is 31.6. The Balaban J connectivity index is 0.000000136. The summed E-state index contributed by atoms with van der Waals surface area (Å²) in [5.41, 5.74) is 8.56. The number of nitrogens with zero attached hydrogens (tertiary/aromatic N) is 2. The van der Waals surface area contributed by atoms with Gasteiger partial charge in [0.2, 0.25) is 5.75 Å². The summed E-state index contributed by atoms with van der Waals surface area (Å²) >= 11 is 0. The number of nitrogens with one attached hydrogen (secondary N) is 2. The lowest BCUT2D eigenvalue weighted by molar-refractivity contribution is -0.0228. The third-order valence-corrected chi connectivity index (χ3v) is 8.54. The molecule has 4 aliphatic rings. The van der Waals surface area contributed by atoms with Gasteiger partial charge in [-0.15, -0.1) is 0 Å². The highest BCUT2D eigenvalue weighted by Gasteiger charge is 2.51. The van der Waals surface area contributed by atoms with Gasteiger partial charge in [-0.05, 0) is 102 Å². The Hall–Kier alpha value is -6.00. The molecule has 228 valence electrons. The van der Waals surface area contributed by atoms with E-state index in [-0.39, 0.29) is 41.8 Å². The number of hydrogen-bond donors (Lipinski definition) is 7. The number of hydrogen-bond acceptors (Lipinski definition) is 8. The zero-order valence-electron chi connectivity index (χ0n) is 24.3. The van der Waals surface area contributed by atoms with Crippen LogP contribution in [0.5, 0.6) is 28.7 Å². The van der Waals surface area contributed by atoms with Crippen molar-refractivity contribution in [3.8, 4) is 28.7 Å². The number of ether oxygens (including phenoxy) is 1. The van der Waals surface area contributed by atoms with E-state index in [0.717, 1.165) is 44.8 Å². The van der Waals surface area contributed by atoms with E-state index in [4.69, 9.17) is 4.74 Å². The summed E-state index contributed by atoms with van der Waals surface area (Å²) < 4.78 is 5.46. The van der Waals surface area contributed by atoms with Crippen molar-refractivity contribution in [1.82, 2.24) is 19.9 Å². The minimum absolute atomic E-state index is 0.0577. The van der Waals surface area contributed by atoms with Gasteiger partial charge in [-0.3, -0.25) is 0 Å². The van der Waals surface area contributed by atoms with Crippen molar-refractivity contribution < 1.29 is 30.3 Å². The molecule has 0 saturated heterocycles. The number of H-pyrrole nitrogens is 2. The van der Waals surface area contributed by atoms with Crippen LogP contribution in [0.1, 0.15) is 45.4 Å². The normalized spacial score (nSPS) is 18.6. The molecule has 5 aromatic rings. The standard InChI is InChI=1S/C20H14N4.C16H14O6/c1-2-14-10-16-5-6-18(23-16)12-20-8-7-19(24-20)11-17-4-3-15(22-17)9-13(1)21-14;17-10-2-1-8-13-9-4-12(19)11(18)3-7(9)5-16(13,21)6-22-15(8)14(10)20/h1-12,21-22H;1-4,13,17-21H,5-6H2/t;13-,16+/m.1/s1. The lowest BCUT2D eigenvalue weighted by Gasteiger charge is -2.36. The number of aromatic hydroxyl groups is 4. The van der Waals surface area contributed by atoms with Crippen LogP contribution in [0.15, 0.2) is 72.8 Å². The van der Waals surface area contributed by atoms with E-state index in [2.05, 4.69) is 50.3 Å². The average Bonchev–Trinajstić information content (AvgIpc) is 3.86. The summed E-state index contributed by atoms with van der Waals surface area (Å²) in [6, 6.07) is 22.2. The van der Waals surface area contributed by atoms with Crippen LogP contribution in [0, 0.1) is 0 Å². The molecule has 0 fully saturated rings. The maximum atomic E-state index is 10.9. The van der Waals surface area contributed by atoms with E-state index in [1.165, 1.54) is 18.2 Å². The molecule has 3 aromatic heterocycles. The Morgan fingerprint density at radius 1 is 0.609 bits per heavy atom. The molecule has 6 heterocycles. The fourth-order valence-electron chi connectivity index (χ4n) is 6.47. The molecule has 0 spiro atoms. The Morgan fingerprint density at radius 3 is 1.76 bits per heavy atom. The van der Waals surface area contributed by atoms with Crippen LogP contribution in [-0.4, -0.2) is 57.7 Å². The van der Waals surface area contributed by atoms with Crippen molar-refractivity contribution in [2.45, 2.75) is 17.9 Å². The van der Waals surface area contributed by atoms with Crippen molar-refractivity contribution in [3.63, 3.8) is 0 Å². The highest BCUT2D eigenvalue weighted by Crippen LogP contribution is 2.55. The van der Waals surface area contributed by atoms with Crippen LogP contribution >= 0.6 is 0 Å². The second-order valence-electron chi connectivity index (χ2n) is 11.8. The summed E-state index contributed by atoms with van der Waals surface area (Å²) in [5.74, 6) is -1.54. The van der Waals surface area contributed by atoms with Gasteiger partial charge in [0.05, 0.1) is 22.8 Å². The minimum atomic E-state index is -1.22. The van der Waals surface area contributed by atoms with Crippen LogP contribution in [-0.2, 0) is 6.42 Å². The van der Waals surface area contributed by atoms with Crippen LogP contribution in [0.2, 0.25) is 0 Å². The minimum Gasteiger partial charge on any atom is -0.504 e. The first-order chi connectivity index (χ1) is 22.2. The van der Waals surface area contributed by atoms with Crippen LogP contribution in [0.3, 0.4) is 0 Å². The summed E-state index contributed by atoms with van der Waals surface area (Å²) in [6.45, 7) is -0.0577. The smallest absolute Gasteiger partial charge is 0.200 e. The maximum Gasteiger partial charge on any atom is 0.200 e. The van der Waals surface area contributed by atoms with Gasteiger partial charge in [0.1, 0.15) is 12.2 Å². The van der Waals surface area contributed by atoms with E-state index in [1.54, 1.807) is 6.07 Å². The van der Waals surface area contributed by atoms with E-state index < -0.39 is 11.5 Å².